The van der Waals surface area contributed by atoms with Gasteiger partial charge in [0.25, 0.3) is 0 Å². The van der Waals surface area contributed by atoms with Crippen LogP contribution < -0.4 is 0 Å². The highest BCUT2D eigenvalue weighted by Gasteiger charge is 2.10. The number of ether oxygens (including phenoxy) is 1. The minimum Gasteiger partial charge on any atom is -0.382 e. The summed E-state index contributed by atoms with van der Waals surface area (Å²) in [4.78, 5) is 11.6. The number of carbonyl (C=O) groups is 1. The molecule has 0 N–H and O–H groups in total. The van der Waals surface area contributed by atoms with E-state index in [-0.39, 0.29) is 23.9 Å². The van der Waals surface area contributed by atoms with E-state index in [2.05, 4.69) is 0 Å². The van der Waals surface area contributed by atoms with Gasteiger partial charge in [0.1, 0.15) is 11.6 Å². The van der Waals surface area contributed by atoms with Gasteiger partial charge in [-0.1, -0.05) is 0 Å². The Morgan fingerprint density at radius 2 is 1.88 bits per heavy atom. The van der Waals surface area contributed by atoms with Crippen molar-refractivity contribution in [2.75, 3.05) is 7.11 Å². The molecule has 0 saturated heterocycles. The second kappa shape index (κ2) is 5.70. The van der Waals surface area contributed by atoms with Crippen molar-refractivity contribution in [3.05, 3.63) is 35.4 Å². The lowest BCUT2D eigenvalue weighted by molar-refractivity contribution is 0.0877. The van der Waals surface area contributed by atoms with Gasteiger partial charge in [-0.25, -0.2) is 8.78 Å². The molecule has 0 aliphatic rings. The van der Waals surface area contributed by atoms with Crippen molar-refractivity contribution >= 4 is 5.78 Å². The second-order valence-corrected chi connectivity index (χ2v) is 3.67. The number of halogens is 2. The fourth-order valence-electron chi connectivity index (χ4n) is 1.31. The second-order valence-electron chi connectivity index (χ2n) is 3.67. The van der Waals surface area contributed by atoms with Gasteiger partial charge in [-0.3, -0.25) is 4.79 Å². The first-order valence-electron chi connectivity index (χ1n) is 5.05. The van der Waals surface area contributed by atoms with Crippen molar-refractivity contribution in [3.8, 4) is 0 Å². The summed E-state index contributed by atoms with van der Waals surface area (Å²) in [6.45, 7) is 1.83. The summed E-state index contributed by atoms with van der Waals surface area (Å²) < 4.78 is 30.7. The predicted octanol–water partition coefficient (Wildman–Crippen LogP) is 2.96. The van der Waals surface area contributed by atoms with Gasteiger partial charge in [0.15, 0.2) is 5.78 Å². The Morgan fingerprint density at radius 3 is 2.38 bits per heavy atom. The zero-order valence-corrected chi connectivity index (χ0v) is 9.30. The van der Waals surface area contributed by atoms with Crippen LogP contribution in [0.3, 0.4) is 0 Å². The molecular formula is C12H14F2O2. The van der Waals surface area contributed by atoms with E-state index < -0.39 is 11.6 Å². The third-order valence-electron chi connectivity index (χ3n) is 2.36. The maximum atomic E-state index is 12.8. The Balaban J connectivity index is 2.66. The lowest BCUT2D eigenvalue weighted by atomic mass is 10.0. The molecule has 0 spiro atoms. The van der Waals surface area contributed by atoms with Crippen LogP contribution in [0.15, 0.2) is 18.2 Å². The van der Waals surface area contributed by atoms with Gasteiger partial charge in [0.2, 0.25) is 0 Å². The van der Waals surface area contributed by atoms with E-state index in [1.807, 2.05) is 6.92 Å². The van der Waals surface area contributed by atoms with Crippen LogP contribution in [-0.2, 0) is 4.74 Å². The summed E-state index contributed by atoms with van der Waals surface area (Å²) in [5.74, 6) is -1.74. The molecule has 1 rings (SSSR count). The van der Waals surface area contributed by atoms with Crippen LogP contribution in [0.2, 0.25) is 0 Å². The third kappa shape index (κ3) is 3.70. The number of methoxy groups -OCH3 is 1. The van der Waals surface area contributed by atoms with Crippen molar-refractivity contribution < 1.29 is 18.3 Å². The number of rotatable bonds is 5. The van der Waals surface area contributed by atoms with Crippen molar-refractivity contribution in [3.63, 3.8) is 0 Å². The molecule has 0 aromatic heterocycles. The molecule has 0 bridgehead atoms. The van der Waals surface area contributed by atoms with Crippen LogP contribution in [0.1, 0.15) is 30.1 Å². The number of ketones is 1. The molecule has 0 saturated carbocycles. The van der Waals surface area contributed by atoms with E-state index in [0.717, 1.165) is 18.2 Å². The SMILES string of the molecule is COC(C)CCC(=O)c1cc(F)cc(F)c1. The Bertz CT molecular complexity index is 357. The molecule has 1 aromatic carbocycles. The van der Waals surface area contributed by atoms with E-state index in [4.69, 9.17) is 4.74 Å². The van der Waals surface area contributed by atoms with Crippen LogP contribution in [-0.4, -0.2) is 19.0 Å². The molecule has 1 atom stereocenters. The highest BCUT2D eigenvalue weighted by atomic mass is 19.1. The van der Waals surface area contributed by atoms with Gasteiger partial charge in [0, 0.05) is 25.2 Å². The number of benzene rings is 1. The van der Waals surface area contributed by atoms with E-state index in [1.54, 1.807) is 7.11 Å². The fraction of sp³-hybridized carbons (Fsp3) is 0.417. The Hall–Kier alpha value is -1.29. The molecule has 16 heavy (non-hydrogen) atoms. The lowest BCUT2D eigenvalue weighted by Gasteiger charge is -2.08. The highest BCUT2D eigenvalue weighted by Crippen LogP contribution is 2.12. The maximum Gasteiger partial charge on any atom is 0.163 e. The fourth-order valence-corrected chi connectivity index (χ4v) is 1.31. The molecule has 0 heterocycles. The summed E-state index contributed by atoms with van der Waals surface area (Å²) >= 11 is 0. The Kier molecular flexibility index (Phi) is 4.55. The largest absolute Gasteiger partial charge is 0.382 e. The van der Waals surface area contributed by atoms with Crippen molar-refractivity contribution in [1.29, 1.82) is 0 Å². The average Bonchev–Trinajstić information content (AvgIpc) is 2.23. The van der Waals surface area contributed by atoms with Crippen molar-refractivity contribution in [2.24, 2.45) is 0 Å². The van der Waals surface area contributed by atoms with Gasteiger partial charge < -0.3 is 4.74 Å². The zero-order valence-electron chi connectivity index (χ0n) is 9.30. The topological polar surface area (TPSA) is 26.3 Å². The van der Waals surface area contributed by atoms with Crippen LogP contribution in [0.4, 0.5) is 8.78 Å². The average molecular weight is 228 g/mol. The molecule has 1 unspecified atom stereocenters. The standard InChI is InChI=1S/C12H14F2O2/c1-8(16-2)3-4-12(15)9-5-10(13)7-11(14)6-9/h5-8H,3-4H2,1-2H3. The van der Waals surface area contributed by atoms with Crippen molar-refractivity contribution in [1.82, 2.24) is 0 Å². The van der Waals surface area contributed by atoms with E-state index >= 15 is 0 Å². The first-order valence-corrected chi connectivity index (χ1v) is 5.05. The quantitative estimate of drug-likeness (QED) is 0.724. The summed E-state index contributed by atoms with van der Waals surface area (Å²) in [7, 11) is 1.55. The summed E-state index contributed by atoms with van der Waals surface area (Å²) in [5.41, 5.74) is 0.0702. The number of Topliss-reactive ketones (excluding diaryl/α,β-unsaturated/α-hetero) is 1. The first kappa shape index (κ1) is 12.8. The number of carbonyl (C=O) groups excluding carboxylic acids is 1. The molecule has 0 fully saturated rings. The lowest BCUT2D eigenvalue weighted by Crippen LogP contribution is -2.09. The Labute approximate surface area is 93.2 Å². The molecule has 0 aliphatic carbocycles. The van der Waals surface area contributed by atoms with Gasteiger partial charge in [-0.2, -0.15) is 0 Å². The normalized spacial score (nSPS) is 12.5. The molecule has 0 radical (unpaired) electrons. The molecular weight excluding hydrogens is 214 g/mol. The molecule has 88 valence electrons. The molecule has 1 aromatic rings. The van der Waals surface area contributed by atoms with Gasteiger partial charge in [0.05, 0.1) is 6.10 Å². The number of hydrogen-bond acceptors (Lipinski definition) is 2. The minimum absolute atomic E-state index is 0.0395. The Morgan fingerprint density at radius 1 is 1.31 bits per heavy atom. The van der Waals surface area contributed by atoms with Gasteiger partial charge >= 0.3 is 0 Å². The summed E-state index contributed by atoms with van der Waals surface area (Å²) in [6, 6.07) is 2.83. The maximum absolute atomic E-state index is 12.8. The highest BCUT2D eigenvalue weighted by molar-refractivity contribution is 5.96. The predicted molar refractivity (Wildman–Crippen MR) is 56.4 cm³/mol. The van der Waals surface area contributed by atoms with E-state index in [9.17, 15) is 13.6 Å². The van der Waals surface area contributed by atoms with Crippen LogP contribution in [0.5, 0.6) is 0 Å². The summed E-state index contributed by atoms with van der Waals surface area (Å²) in [5, 5.41) is 0. The molecule has 2 nitrogen and oxygen atoms in total. The van der Waals surface area contributed by atoms with Crippen LogP contribution in [0, 0.1) is 11.6 Å². The minimum atomic E-state index is -0.733. The van der Waals surface area contributed by atoms with Crippen molar-refractivity contribution in [2.45, 2.75) is 25.9 Å². The summed E-state index contributed by atoms with van der Waals surface area (Å²) in [6.07, 6.45) is 0.716. The van der Waals surface area contributed by atoms with Crippen LogP contribution in [0.25, 0.3) is 0 Å². The van der Waals surface area contributed by atoms with Gasteiger partial charge in [-0.05, 0) is 25.5 Å². The number of hydrogen-bond donors (Lipinski definition) is 0. The first-order chi connectivity index (χ1) is 7.52. The molecule has 0 amide bonds. The monoisotopic (exact) mass is 228 g/mol. The molecule has 4 heteroatoms. The molecule has 0 aliphatic heterocycles. The van der Waals surface area contributed by atoms with Crippen LogP contribution >= 0.6 is 0 Å². The van der Waals surface area contributed by atoms with E-state index in [1.165, 1.54) is 0 Å². The van der Waals surface area contributed by atoms with Gasteiger partial charge in [-0.15, -0.1) is 0 Å². The third-order valence-corrected chi connectivity index (χ3v) is 2.36. The van der Waals surface area contributed by atoms with E-state index in [0.29, 0.717) is 6.42 Å². The zero-order chi connectivity index (χ0) is 12.1. The smallest absolute Gasteiger partial charge is 0.163 e.